The predicted molar refractivity (Wildman–Crippen MR) is 90.2 cm³/mol. The highest BCUT2D eigenvalue weighted by Crippen LogP contribution is 2.30. The van der Waals surface area contributed by atoms with Crippen LogP contribution in [0.15, 0.2) is 26.2 Å². The second-order valence-corrected chi connectivity index (χ2v) is 6.75. The molecule has 1 saturated heterocycles. The zero-order valence-electron chi connectivity index (χ0n) is 11.9. The summed E-state index contributed by atoms with van der Waals surface area (Å²) in [6, 6.07) is 3.45. The first kappa shape index (κ1) is 17.4. The van der Waals surface area contributed by atoms with E-state index in [9.17, 15) is 9.90 Å². The van der Waals surface area contributed by atoms with Crippen molar-refractivity contribution in [3.8, 4) is 5.75 Å². The Bertz CT molecular complexity index is 561. The number of carbonyl (C=O) groups excluding carboxylic acids is 1. The molecule has 0 radical (unpaired) electrons. The highest BCUT2D eigenvalue weighted by molar-refractivity contribution is 9.11. The summed E-state index contributed by atoms with van der Waals surface area (Å²) in [5.74, 6) is -0.0530. The number of benzene rings is 1. The van der Waals surface area contributed by atoms with Gasteiger partial charge in [-0.05, 0) is 28.1 Å². The zero-order valence-corrected chi connectivity index (χ0v) is 15.1. The molecule has 6 nitrogen and oxygen atoms in total. The number of morpholine rings is 1. The molecule has 1 aromatic carbocycles. The standard InChI is InChI=1S/C14H17Br2N3O3/c15-11-7-10(14(21)12(16)8-11)9-17-18-13(20)1-2-19-3-5-22-6-4-19/h7-9,21H,1-6H2,(H,18,20)/p+1. The van der Waals surface area contributed by atoms with E-state index in [1.54, 1.807) is 12.1 Å². The molecular formula is C14H18Br2N3O3+. The smallest absolute Gasteiger partial charge is 0.245 e. The van der Waals surface area contributed by atoms with E-state index in [-0.39, 0.29) is 11.7 Å². The zero-order chi connectivity index (χ0) is 15.9. The van der Waals surface area contributed by atoms with Gasteiger partial charge in [0.05, 0.1) is 36.9 Å². The molecule has 22 heavy (non-hydrogen) atoms. The van der Waals surface area contributed by atoms with Crippen molar-refractivity contribution in [1.82, 2.24) is 5.43 Å². The summed E-state index contributed by atoms with van der Waals surface area (Å²) in [7, 11) is 0. The van der Waals surface area contributed by atoms with Gasteiger partial charge in [-0.3, -0.25) is 4.79 Å². The summed E-state index contributed by atoms with van der Waals surface area (Å²) < 4.78 is 6.64. The molecule has 120 valence electrons. The van der Waals surface area contributed by atoms with E-state index in [1.165, 1.54) is 11.1 Å². The van der Waals surface area contributed by atoms with Crippen LogP contribution in [0.5, 0.6) is 5.75 Å². The van der Waals surface area contributed by atoms with E-state index >= 15 is 0 Å². The van der Waals surface area contributed by atoms with Crippen molar-refractivity contribution in [3.63, 3.8) is 0 Å². The van der Waals surface area contributed by atoms with Crippen LogP contribution in [0.1, 0.15) is 12.0 Å². The fourth-order valence-corrected chi connectivity index (χ4v) is 3.37. The first-order valence-electron chi connectivity index (χ1n) is 6.97. The Hall–Kier alpha value is -0.960. The Kier molecular flexibility index (Phi) is 6.81. The van der Waals surface area contributed by atoms with Crippen molar-refractivity contribution in [3.05, 3.63) is 26.6 Å². The molecule has 1 fully saturated rings. The molecule has 0 aliphatic carbocycles. The number of phenolic OH excluding ortho intramolecular Hbond substituents is 1. The van der Waals surface area contributed by atoms with Gasteiger partial charge in [-0.1, -0.05) is 15.9 Å². The Morgan fingerprint density at radius 2 is 2.14 bits per heavy atom. The van der Waals surface area contributed by atoms with Crippen molar-refractivity contribution >= 4 is 44.0 Å². The highest BCUT2D eigenvalue weighted by atomic mass is 79.9. The molecule has 2 rings (SSSR count). The molecule has 3 N–H and O–H groups in total. The lowest BCUT2D eigenvalue weighted by Crippen LogP contribution is -3.14. The van der Waals surface area contributed by atoms with Crippen LogP contribution >= 0.6 is 31.9 Å². The van der Waals surface area contributed by atoms with Gasteiger partial charge in [-0.25, -0.2) is 5.43 Å². The summed E-state index contributed by atoms with van der Waals surface area (Å²) in [6.07, 6.45) is 1.84. The molecule has 0 aromatic heterocycles. The summed E-state index contributed by atoms with van der Waals surface area (Å²) in [6.45, 7) is 4.17. The van der Waals surface area contributed by atoms with Crippen molar-refractivity contribution < 1.29 is 19.5 Å². The maximum absolute atomic E-state index is 11.7. The number of quaternary nitrogens is 1. The van der Waals surface area contributed by atoms with Gasteiger partial charge in [-0.15, -0.1) is 0 Å². The average molecular weight is 436 g/mol. The molecule has 8 heteroatoms. The van der Waals surface area contributed by atoms with E-state index in [0.717, 1.165) is 37.3 Å². The minimum atomic E-state index is -0.135. The van der Waals surface area contributed by atoms with Crippen LogP contribution in [0, 0.1) is 0 Å². The van der Waals surface area contributed by atoms with Crippen LogP contribution < -0.4 is 10.3 Å². The number of aromatic hydroxyl groups is 1. The van der Waals surface area contributed by atoms with E-state index in [1.807, 2.05) is 0 Å². The van der Waals surface area contributed by atoms with Crippen LogP contribution in [0.3, 0.4) is 0 Å². The Balaban J connectivity index is 1.80. The number of hydrazone groups is 1. The normalized spacial score (nSPS) is 16.1. The van der Waals surface area contributed by atoms with Crippen LogP contribution in [0.4, 0.5) is 0 Å². The van der Waals surface area contributed by atoms with E-state index in [4.69, 9.17) is 4.74 Å². The largest absolute Gasteiger partial charge is 0.506 e. The number of hydrogen-bond donors (Lipinski definition) is 3. The number of hydrogen-bond acceptors (Lipinski definition) is 4. The Labute approximate surface area is 145 Å². The lowest BCUT2D eigenvalue weighted by atomic mass is 10.2. The molecule has 0 spiro atoms. The van der Waals surface area contributed by atoms with Crippen molar-refractivity contribution in [2.45, 2.75) is 6.42 Å². The van der Waals surface area contributed by atoms with Crippen molar-refractivity contribution in [2.24, 2.45) is 5.10 Å². The maximum Gasteiger partial charge on any atom is 0.245 e. The number of nitrogens with zero attached hydrogens (tertiary/aromatic N) is 1. The minimum Gasteiger partial charge on any atom is -0.506 e. The fraction of sp³-hybridized carbons (Fsp3) is 0.429. The van der Waals surface area contributed by atoms with Gasteiger partial charge in [0.25, 0.3) is 0 Å². The number of nitrogens with one attached hydrogen (secondary N) is 2. The maximum atomic E-state index is 11.7. The van der Waals surface area contributed by atoms with Gasteiger partial charge in [0.1, 0.15) is 18.8 Å². The lowest BCUT2D eigenvalue weighted by Gasteiger charge is -2.23. The third-order valence-corrected chi connectivity index (χ3v) is 4.42. The summed E-state index contributed by atoms with van der Waals surface area (Å²) in [5.41, 5.74) is 3.00. The topological polar surface area (TPSA) is 75.4 Å². The third kappa shape index (κ3) is 5.35. The number of ether oxygens (including phenoxy) is 1. The molecule has 1 aromatic rings. The highest BCUT2D eigenvalue weighted by Gasteiger charge is 2.14. The van der Waals surface area contributed by atoms with E-state index < -0.39 is 0 Å². The number of rotatable bonds is 5. The second-order valence-electron chi connectivity index (χ2n) is 4.98. The Morgan fingerprint density at radius 1 is 1.41 bits per heavy atom. The summed E-state index contributed by atoms with van der Waals surface area (Å²) in [4.78, 5) is 13.1. The number of halogens is 2. The van der Waals surface area contributed by atoms with Crippen LogP contribution in [-0.2, 0) is 9.53 Å². The van der Waals surface area contributed by atoms with Crippen molar-refractivity contribution in [1.29, 1.82) is 0 Å². The first-order valence-corrected chi connectivity index (χ1v) is 8.56. The SMILES string of the molecule is O=C(CC[NH+]1CCOCC1)NN=Cc1cc(Br)cc(Br)c1O. The summed E-state index contributed by atoms with van der Waals surface area (Å²) >= 11 is 6.58. The predicted octanol–water partition coefficient (Wildman–Crippen LogP) is 0.673. The van der Waals surface area contributed by atoms with Gasteiger partial charge in [0, 0.05) is 10.0 Å². The first-order chi connectivity index (χ1) is 10.6. The monoisotopic (exact) mass is 434 g/mol. The molecule has 0 saturated carbocycles. The molecule has 0 unspecified atom stereocenters. The molecule has 0 atom stereocenters. The lowest BCUT2D eigenvalue weighted by molar-refractivity contribution is -0.907. The van der Waals surface area contributed by atoms with E-state index in [0.29, 0.717) is 16.5 Å². The second kappa shape index (κ2) is 8.61. The number of amides is 1. The van der Waals surface area contributed by atoms with Gasteiger partial charge in [0.15, 0.2) is 0 Å². The molecule has 0 bridgehead atoms. The Morgan fingerprint density at radius 3 is 2.86 bits per heavy atom. The molecule has 1 heterocycles. The van der Waals surface area contributed by atoms with Crippen LogP contribution in [-0.4, -0.2) is 50.1 Å². The quantitative estimate of drug-likeness (QED) is 0.470. The fourth-order valence-electron chi connectivity index (χ4n) is 2.11. The van der Waals surface area contributed by atoms with Crippen molar-refractivity contribution in [2.75, 3.05) is 32.8 Å². The van der Waals surface area contributed by atoms with Crippen LogP contribution in [0.25, 0.3) is 0 Å². The molecule has 1 aliphatic heterocycles. The van der Waals surface area contributed by atoms with Gasteiger partial charge < -0.3 is 14.7 Å². The molecule has 1 amide bonds. The van der Waals surface area contributed by atoms with Gasteiger partial charge >= 0.3 is 0 Å². The van der Waals surface area contributed by atoms with Gasteiger partial charge in [0.2, 0.25) is 5.91 Å². The average Bonchev–Trinajstić information content (AvgIpc) is 2.51. The number of carbonyl (C=O) groups is 1. The molecule has 1 aliphatic rings. The molecular weight excluding hydrogens is 418 g/mol. The minimum absolute atomic E-state index is 0.0824. The number of phenols is 1. The van der Waals surface area contributed by atoms with Gasteiger partial charge in [-0.2, -0.15) is 5.10 Å². The summed E-state index contributed by atoms with van der Waals surface area (Å²) in [5, 5.41) is 13.8. The van der Waals surface area contributed by atoms with Crippen LogP contribution in [0.2, 0.25) is 0 Å². The van der Waals surface area contributed by atoms with E-state index in [2.05, 4.69) is 42.4 Å². The third-order valence-electron chi connectivity index (χ3n) is 3.36.